The number of amides is 1. The predicted octanol–water partition coefficient (Wildman–Crippen LogP) is 2.86. The molecule has 0 saturated heterocycles. The van der Waals surface area contributed by atoms with Crippen LogP contribution in [0, 0.1) is 0 Å². The number of benzene rings is 2. The molecule has 2 aromatic rings. The summed E-state index contributed by atoms with van der Waals surface area (Å²) < 4.78 is 10.6. The van der Waals surface area contributed by atoms with Crippen molar-refractivity contribution in [3.05, 3.63) is 59.2 Å². The maximum absolute atomic E-state index is 12.8. The van der Waals surface area contributed by atoms with E-state index in [9.17, 15) is 14.4 Å². The number of aryl methyl sites for hydroxylation is 2. The van der Waals surface area contributed by atoms with E-state index in [2.05, 4.69) is 0 Å². The molecule has 2 aromatic carbocycles. The zero-order valence-corrected chi connectivity index (χ0v) is 17.9. The number of nitrogen functional groups attached to an aromatic ring is 1. The quantitative estimate of drug-likeness (QED) is 0.417. The van der Waals surface area contributed by atoms with Crippen LogP contribution in [-0.2, 0) is 32.0 Å². The fourth-order valence-corrected chi connectivity index (χ4v) is 3.56. The highest BCUT2D eigenvalue weighted by Crippen LogP contribution is 2.34. The zero-order chi connectivity index (χ0) is 22.4. The first-order chi connectivity index (χ1) is 14.8. The van der Waals surface area contributed by atoms with Crippen molar-refractivity contribution < 1.29 is 23.9 Å². The number of nitrogens with two attached hydrogens (primary N) is 1. The molecule has 7 heteroatoms. The van der Waals surface area contributed by atoms with Gasteiger partial charge in [-0.05, 0) is 66.6 Å². The molecule has 164 valence electrons. The van der Waals surface area contributed by atoms with Gasteiger partial charge in [0, 0.05) is 26.2 Å². The van der Waals surface area contributed by atoms with Crippen molar-refractivity contribution in [2.45, 2.75) is 38.0 Å². The minimum absolute atomic E-state index is 0.167. The maximum Gasteiger partial charge on any atom is 0.318 e. The first kappa shape index (κ1) is 22.3. The lowest BCUT2D eigenvalue weighted by atomic mass is 9.82. The van der Waals surface area contributed by atoms with Crippen molar-refractivity contribution in [1.82, 2.24) is 4.90 Å². The van der Waals surface area contributed by atoms with Crippen LogP contribution in [0.2, 0.25) is 0 Å². The third-order valence-corrected chi connectivity index (χ3v) is 5.38. The number of carbonyl (C=O) groups excluding carboxylic acids is 3. The lowest BCUT2D eigenvalue weighted by molar-refractivity contribution is -0.151. The van der Waals surface area contributed by atoms with Gasteiger partial charge >= 0.3 is 11.9 Å². The van der Waals surface area contributed by atoms with E-state index in [1.54, 1.807) is 26.2 Å². The Hall–Kier alpha value is -3.35. The van der Waals surface area contributed by atoms with Crippen LogP contribution in [-0.4, -0.2) is 43.4 Å². The Morgan fingerprint density at radius 1 is 1.10 bits per heavy atom. The molecule has 0 aromatic heterocycles. The summed E-state index contributed by atoms with van der Waals surface area (Å²) in [6.07, 6.45) is 3.26. The van der Waals surface area contributed by atoms with Crippen LogP contribution in [0.4, 0.5) is 5.69 Å². The van der Waals surface area contributed by atoms with Crippen LogP contribution in [0.1, 0.15) is 41.9 Å². The van der Waals surface area contributed by atoms with E-state index in [4.69, 9.17) is 15.2 Å². The molecule has 1 unspecified atom stereocenters. The molecule has 0 bridgehead atoms. The Labute approximate surface area is 182 Å². The van der Waals surface area contributed by atoms with E-state index < -0.39 is 5.97 Å². The van der Waals surface area contributed by atoms with Crippen molar-refractivity contribution in [3.8, 4) is 5.75 Å². The number of hydrogen-bond donors (Lipinski definition) is 1. The average Bonchev–Trinajstić information content (AvgIpc) is 2.76. The molecule has 2 N–H and O–H groups in total. The van der Waals surface area contributed by atoms with E-state index in [0.717, 1.165) is 36.0 Å². The molecule has 0 radical (unpaired) electrons. The van der Waals surface area contributed by atoms with Gasteiger partial charge in [0.25, 0.3) is 5.91 Å². The monoisotopic (exact) mass is 424 g/mol. The summed E-state index contributed by atoms with van der Waals surface area (Å²) in [5, 5.41) is 0. The third-order valence-electron chi connectivity index (χ3n) is 5.38. The van der Waals surface area contributed by atoms with Gasteiger partial charge in [-0.2, -0.15) is 0 Å². The molecule has 1 amide bonds. The molecular weight excluding hydrogens is 396 g/mol. The fourth-order valence-electron chi connectivity index (χ4n) is 3.56. The van der Waals surface area contributed by atoms with Crippen molar-refractivity contribution in [2.75, 3.05) is 26.4 Å². The van der Waals surface area contributed by atoms with E-state index in [1.807, 2.05) is 30.3 Å². The number of hydrogen-bond acceptors (Lipinski definition) is 6. The zero-order valence-electron chi connectivity index (χ0n) is 17.9. The minimum Gasteiger partial charge on any atom is -0.456 e. The molecule has 3 rings (SSSR count). The number of ether oxygens (including phenoxy) is 2. The standard InChI is InChI=1S/C24H28N2O5/c1-26(2)22(27)15-30-23(28)13-8-16-6-11-19(12-7-16)31-24(29)20-5-3-4-17-9-10-18(25)14-21(17)20/h6-7,9-12,14,20H,3-5,8,13,15,25H2,1-2H3. The number of esters is 2. The minimum atomic E-state index is -0.430. The van der Waals surface area contributed by atoms with Crippen LogP contribution < -0.4 is 10.5 Å². The van der Waals surface area contributed by atoms with Gasteiger partial charge in [-0.25, -0.2) is 0 Å². The highest BCUT2D eigenvalue weighted by atomic mass is 16.5. The fraction of sp³-hybridized carbons (Fsp3) is 0.375. The molecular formula is C24H28N2O5. The van der Waals surface area contributed by atoms with Gasteiger partial charge in [-0.15, -0.1) is 0 Å². The highest BCUT2D eigenvalue weighted by molar-refractivity contribution is 5.82. The normalized spacial score (nSPS) is 15.0. The van der Waals surface area contributed by atoms with Crippen LogP contribution in [0.25, 0.3) is 0 Å². The highest BCUT2D eigenvalue weighted by Gasteiger charge is 2.28. The van der Waals surface area contributed by atoms with Gasteiger partial charge in [0.05, 0.1) is 5.92 Å². The second kappa shape index (κ2) is 10.1. The number of likely N-dealkylation sites (N-methyl/N-ethyl adjacent to an activating group) is 1. The number of rotatable bonds is 7. The summed E-state index contributed by atoms with van der Waals surface area (Å²) in [7, 11) is 3.21. The third kappa shape index (κ3) is 6.07. The summed E-state index contributed by atoms with van der Waals surface area (Å²) in [5.41, 5.74) is 9.57. The molecule has 1 aliphatic rings. The van der Waals surface area contributed by atoms with Crippen molar-refractivity contribution in [2.24, 2.45) is 0 Å². The Morgan fingerprint density at radius 3 is 2.55 bits per heavy atom. The molecule has 0 fully saturated rings. The van der Waals surface area contributed by atoms with Gasteiger partial charge in [0.2, 0.25) is 0 Å². The summed E-state index contributed by atoms with van der Waals surface area (Å²) in [6, 6.07) is 12.8. The number of fused-ring (bicyclic) bond motifs is 1. The molecule has 0 saturated carbocycles. The van der Waals surface area contributed by atoms with E-state index in [1.165, 1.54) is 4.90 Å². The second-order valence-electron chi connectivity index (χ2n) is 7.92. The maximum atomic E-state index is 12.8. The summed E-state index contributed by atoms with van der Waals surface area (Å²) in [5.74, 6) is -0.826. The second-order valence-corrected chi connectivity index (χ2v) is 7.92. The van der Waals surface area contributed by atoms with Crippen LogP contribution >= 0.6 is 0 Å². The first-order valence-electron chi connectivity index (χ1n) is 10.4. The Bertz CT molecular complexity index is 953. The van der Waals surface area contributed by atoms with E-state index in [-0.39, 0.29) is 30.8 Å². The SMILES string of the molecule is CN(C)C(=O)COC(=O)CCc1ccc(OC(=O)C2CCCc3ccc(N)cc32)cc1. The summed E-state index contributed by atoms with van der Waals surface area (Å²) in [4.78, 5) is 37.4. The average molecular weight is 424 g/mol. The summed E-state index contributed by atoms with van der Waals surface area (Å²) in [6.45, 7) is -0.253. The molecule has 0 spiro atoms. The number of carbonyl (C=O) groups is 3. The van der Waals surface area contributed by atoms with Crippen molar-refractivity contribution in [3.63, 3.8) is 0 Å². The molecule has 31 heavy (non-hydrogen) atoms. The van der Waals surface area contributed by atoms with Gasteiger partial charge in [-0.1, -0.05) is 18.2 Å². The molecule has 0 heterocycles. The number of nitrogens with zero attached hydrogens (tertiary/aromatic N) is 1. The van der Waals surface area contributed by atoms with Crippen LogP contribution in [0.15, 0.2) is 42.5 Å². The topological polar surface area (TPSA) is 98.9 Å². The van der Waals surface area contributed by atoms with Crippen LogP contribution in [0.3, 0.4) is 0 Å². The predicted molar refractivity (Wildman–Crippen MR) is 117 cm³/mol. The molecule has 1 aliphatic carbocycles. The molecule has 7 nitrogen and oxygen atoms in total. The van der Waals surface area contributed by atoms with Gasteiger partial charge in [0.1, 0.15) is 5.75 Å². The molecule has 1 atom stereocenters. The number of anilines is 1. The van der Waals surface area contributed by atoms with Gasteiger partial charge < -0.3 is 20.1 Å². The lowest BCUT2D eigenvalue weighted by Crippen LogP contribution is -2.27. The van der Waals surface area contributed by atoms with Gasteiger partial charge in [0.15, 0.2) is 6.61 Å². The lowest BCUT2D eigenvalue weighted by Gasteiger charge is -2.24. The Kier molecular flexibility index (Phi) is 7.28. The Balaban J connectivity index is 1.52. The summed E-state index contributed by atoms with van der Waals surface area (Å²) >= 11 is 0. The van der Waals surface area contributed by atoms with Crippen molar-refractivity contribution in [1.29, 1.82) is 0 Å². The van der Waals surface area contributed by atoms with Gasteiger partial charge in [-0.3, -0.25) is 14.4 Å². The van der Waals surface area contributed by atoms with Crippen molar-refractivity contribution >= 4 is 23.5 Å². The first-order valence-corrected chi connectivity index (χ1v) is 10.4. The molecule has 0 aliphatic heterocycles. The van der Waals surface area contributed by atoms with E-state index >= 15 is 0 Å². The van der Waals surface area contributed by atoms with E-state index in [0.29, 0.717) is 17.9 Å². The largest absolute Gasteiger partial charge is 0.456 e. The van der Waals surface area contributed by atoms with Crippen LogP contribution in [0.5, 0.6) is 5.75 Å². The Morgan fingerprint density at radius 2 is 1.84 bits per heavy atom. The smallest absolute Gasteiger partial charge is 0.318 e.